The molecule has 10 nitrogen and oxygen atoms in total. The van der Waals surface area contributed by atoms with Crippen molar-refractivity contribution >= 4 is 43.4 Å². The maximum atomic E-state index is 16.8. The second-order valence-electron chi connectivity index (χ2n) is 12.2. The van der Waals surface area contributed by atoms with Crippen molar-refractivity contribution in [2.45, 2.75) is 55.9 Å². The number of hydrogen-bond donors (Lipinski definition) is 2. The van der Waals surface area contributed by atoms with Crippen LogP contribution in [0.1, 0.15) is 32.1 Å². The van der Waals surface area contributed by atoms with Crippen LogP contribution in [0, 0.1) is 11.6 Å². The molecule has 0 radical (unpaired) electrons. The second-order valence-corrected chi connectivity index (χ2v) is 13.3. The fraction of sp³-hybridized carbons (Fsp3) is 0.517. The van der Waals surface area contributed by atoms with Crippen LogP contribution >= 0.6 is 11.3 Å². The molecule has 0 saturated carbocycles. The molecule has 4 aliphatic heterocycles. The SMILES string of the molecule is Cn1c(-c2ccc(F)c3sc(N)nc23)c(F)c2nc(OC[C@@]34CCCN3C[C@H](F)C4)nc(N3C4CCC3CNC4)c2c1=O. The number of fused-ring (bicyclic) bond motifs is 5. The molecule has 2 unspecified atom stereocenters. The maximum Gasteiger partial charge on any atom is 0.319 e. The van der Waals surface area contributed by atoms with Gasteiger partial charge in [-0.3, -0.25) is 9.69 Å². The van der Waals surface area contributed by atoms with Crippen LogP contribution < -0.4 is 26.2 Å². The van der Waals surface area contributed by atoms with Crippen molar-refractivity contribution < 1.29 is 17.9 Å². The highest BCUT2D eigenvalue weighted by Crippen LogP contribution is 2.42. The molecular formula is C29H31F3N8O2S. The first-order valence-electron chi connectivity index (χ1n) is 14.7. The van der Waals surface area contributed by atoms with Crippen LogP contribution in [0.25, 0.3) is 32.4 Å². The summed E-state index contributed by atoms with van der Waals surface area (Å²) in [5.41, 5.74) is 5.10. The maximum absolute atomic E-state index is 16.8. The summed E-state index contributed by atoms with van der Waals surface area (Å²) in [6.45, 7) is 2.78. The molecule has 43 heavy (non-hydrogen) atoms. The van der Waals surface area contributed by atoms with E-state index in [1.807, 2.05) is 0 Å². The molecule has 2 bridgehead atoms. The van der Waals surface area contributed by atoms with Gasteiger partial charge < -0.3 is 25.3 Å². The van der Waals surface area contributed by atoms with E-state index in [4.69, 9.17) is 15.5 Å². The molecule has 14 heteroatoms. The van der Waals surface area contributed by atoms with Gasteiger partial charge in [-0.25, -0.2) is 18.2 Å². The largest absolute Gasteiger partial charge is 0.461 e. The van der Waals surface area contributed by atoms with Gasteiger partial charge >= 0.3 is 6.01 Å². The summed E-state index contributed by atoms with van der Waals surface area (Å²) in [7, 11) is 1.48. The summed E-state index contributed by atoms with van der Waals surface area (Å²) in [6.07, 6.45) is 3.01. The van der Waals surface area contributed by atoms with Gasteiger partial charge in [0, 0.05) is 50.7 Å². The number of halogens is 3. The molecule has 0 amide bonds. The lowest BCUT2D eigenvalue weighted by Crippen LogP contribution is -2.52. The number of nitrogens with two attached hydrogens (primary N) is 1. The lowest BCUT2D eigenvalue weighted by atomic mass is 9.95. The first kappa shape index (κ1) is 27.1. The fourth-order valence-electron chi connectivity index (χ4n) is 7.82. The molecular weight excluding hydrogens is 581 g/mol. The van der Waals surface area contributed by atoms with Crippen molar-refractivity contribution in [3.8, 4) is 17.3 Å². The van der Waals surface area contributed by atoms with Gasteiger partial charge in [-0.05, 0) is 44.4 Å². The van der Waals surface area contributed by atoms with Gasteiger partial charge in [-0.2, -0.15) is 9.97 Å². The number of nitrogens with zero attached hydrogens (tertiary/aromatic N) is 6. The molecule has 4 fully saturated rings. The summed E-state index contributed by atoms with van der Waals surface area (Å²) >= 11 is 0.957. The van der Waals surface area contributed by atoms with E-state index in [1.54, 1.807) is 0 Å². The van der Waals surface area contributed by atoms with Crippen molar-refractivity contribution in [3.05, 3.63) is 34.1 Å². The van der Waals surface area contributed by atoms with Crippen LogP contribution in [0.3, 0.4) is 0 Å². The Morgan fingerprint density at radius 3 is 2.74 bits per heavy atom. The normalized spacial score (nSPS) is 27.1. The molecule has 7 heterocycles. The molecule has 4 aromatic rings. The Labute approximate surface area is 248 Å². The van der Waals surface area contributed by atoms with Crippen molar-refractivity contribution in [1.82, 2.24) is 29.7 Å². The van der Waals surface area contributed by atoms with Crippen LogP contribution in [-0.2, 0) is 7.05 Å². The van der Waals surface area contributed by atoms with Crippen LogP contribution in [0.15, 0.2) is 16.9 Å². The summed E-state index contributed by atoms with van der Waals surface area (Å²) < 4.78 is 53.5. The Morgan fingerprint density at radius 2 is 1.95 bits per heavy atom. The third-order valence-electron chi connectivity index (χ3n) is 9.76. The monoisotopic (exact) mass is 612 g/mol. The molecule has 4 saturated heterocycles. The van der Waals surface area contributed by atoms with Gasteiger partial charge in [0.2, 0.25) is 0 Å². The first-order chi connectivity index (χ1) is 20.7. The number of alkyl halides is 1. The highest BCUT2D eigenvalue weighted by atomic mass is 32.1. The highest BCUT2D eigenvalue weighted by molar-refractivity contribution is 7.22. The number of ether oxygens (including phenoxy) is 1. The zero-order valence-electron chi connectivity index (χ0n) is 23.6. The first-order valence-corrected chi connectivity index (χ1v) is 15.5. The Morgan fingerprint density at radius 1 is 1.16 bits per heavy atom. The molecule has 0 spiro atoms. The molecule has 226 valence electrons. The van der Waals surface area contributed by atoms with Crippen LogP contribution in [-0.4, -0.2) is 81.0 Å². The average Bonchev–Trinajstić information content (AvgIpc) is 3.71. The number of anilines is 2. The van der Waals surface area contributed by atoms with E-state index >= 15 is 4.39 Å². The van der Waals surface area contributed by atoms with E-state index in [9.17, 15) is 13.6 Å². The highest BCUT2D eigenvalue weighted by Gasteiger charge is 2.49. The number of nitrogen functional groups attached to an aromatic ring is 1. The summed E-state index contributed by atoms with van der Waals surface area (Å²) in [4.78, 5) is 31.9. The lowest BCUT2D eigenvalue weighted by molar-refractivity contribution is 0.107. The molecule has 1 aromatic carbocycles. The number of thiazole rings is 1. The van der Waals surface area contributed by atoms with E-state index in [0.717, 1.165) is 43.6 Å². The molecule has 4 atom stereocenters. The van der Waals surface area contributed by atoms with Gasteiger partial charge in [0.15, 0.2) is 10.9 Å². The quantitative estimate of drug-likeness (QED) is 0.350. The zero-order chi connectivity index (χ0) is 29.6. The smallest absolute Gasteiger partial charge is 0.319 e. The number of hydrogen-bond acceptors (Lipinski definition) is 10. The number of piperazine rings is 1. The van der Waals surface area contributed by atoms with Crippen LogP contribution in [0.5, 0.6) is 6.01 Å². The molecule has 3 N–H and O–H groups in total. The number of benzene rings is 1. The summed E-state index contributed by atoms with van der Waals surface area (Å²) in [5, 5.41) is 3.63. The molecule has 8 rings (SSSR count). The Bertz CT molecular complexity index is 1830. The molecule has 3 aromatic heterocycles. The predicted molar refractivity (Wildman–Crippen MR) is 158 cm³/mol. The molecule has 4 aliphatic rings. The zero-order valence-corrected chi connectivity index (χ0v) is 24.4. The van der Waals surface area contributed by atoms with E-state index in [-0.39, 0.29) is 62.2 Å². The van der Waals surface area contributed by atoms with E-state index in [2.05, 4.69) is 25.1 Å². The Hall–Kier alpha value is -3.49. The van der Waals surface area contributed by atoms with E-state index < -0.39 is 28.9 Å². The minimum Gasteiger partial charge on any atom is -0.461 e. The predicted octanol–water partition coefficient (Wildman–Crippen LogP) is 3.36. The third-order valence-corrected chi connectivity index (χ3v) is 10.7. The average molecular weight is 613 g/mol. The van der Waals surface area contributed by atoms with Gasteiger partial charge in [-0.15, -0.1) is 0 Å². The van der Waals surface area contributed by atoms with Crippen molar-refractivity contribution in [1.29, 1.82) is 0 Å². The minimum absolute atomic E-state index is 0.0516. The van der Waals surface area contributed by atoms with Crippen molar-refractivity contribution in [2.75, 3.05) is 43.4 Å². The number of rotatable bonds is 5. The fourth-order valence-corrected chi connectivity index (χ4v) is 8.58. The number of aromatic nitrogens is 4. The number of nitrogens with one attached hydrogen (secondary N) is 1. The van der Waals surface area contributed by atoms with Crippen molar-refractivity contribution in [3.63, 3.8) is 0 Å². The number of pyridine rings is 1. The van der Waals surface area contributed by atoms with Gasteiger partial charge in [0.05, 0.1) is 21.4 Å². The second kappa shape index (κ2) is 9.76. The standard InChI is InChI=1S/C29H31F3N8O2S/c1-38-23(17-5-6-18(31)24-21(17)35-27(33)43-24)20(32)22-19(26(38)41)25(40-15-3-4-16(40)11-34-10-15)37-28(36-22)42-13-29-7-2-8-39(29)12-14(30)9-29/h5-6,14-16,34H,2-4,7-13H2,1H3,(H2,33,35)/t14-,15?,16?,29+/m1/s1. The third kappa shape index (κ3) is 4.06. The van der Waals surface area contributed by atoms with Crippen LogP contribution in [0.2, 0.25) is 0 Å². The van der Waals surface area contributed by atoms with E-state index in [1.165, 1.54) is 23.7 Å². The Balaban J connectivity index is 1.32. The van der Waals surface area contributed by atoms with Crippen molar-refractivity contribution in [2.24, 2.45) is 7.05 Å². The Kier molecular flexibility index (Phi) is 6.15. The lowest BCUT2D eigenvalue weighted by Gasteiger charge is -2.37. The van der Waals surface area contributed by atoms with Gasteiger partial charge in [0.1, 0.15) is 35.3 Å². The topological polar surface area (TPSA) is 114 Å². The van der Waals surface area contributed by atoms with Crippen LogP contribution in [0.4, 0.5) is 24.1 Å². The van der Waals surface area contributed by atoms with E-state index in [0.29, 0.717) is 31.9 Å². The van der Waals surface area contributed by atoms with Gasteiger partial charge in [0.25, 0.3) is 5.56 Å². The molecule has 0 aliphatic carbocycles. The minimum atomic E-state index is -0.927. The summed E-state index contributed by atoms with van der Waals surface area (Å²) in [5.74, 6) is -0.952. The summed E-state index contributed by atoms with van der Waals surface area (Å²) in [6, 6.07) is 2.73. The van der Waals surface area contributed by atoms with Gasteiger partial charge in [-0.1, -0.05) is 11.3 Å².